The number of carboxylic acid groups (broad SMARTS) is 1. The van der Waals surface area contributed by atoms with E-state index in [0.717, 1.165) is 28.5 Å². The molecule has 0 bridgehead atoms. The van der Waals surface area contributed by atoms with Crippen molar-refractivity contribution >= 4 is 22.6 Å². The van der Waals surface area contributed by atoms with Crippen molar-refractivity contribution in [1.29, 1.82) is 0 Å². The summed E-state index contributed by atoms with van der Waals surface area (Å²) < 4.78 is 5.22. The van der Waals surface area contributed by atoms with Crippen LogP contribution in [0.1, 0.15) is 31.2 Å². The Morgan fingerprint density at radius 2 is 1.92 bits per heavy atom. The molecule has 1 heterocycles. The van der Waals surface area contributed by atoms with Crippen molar-refractivity contribution in [2.45, 2.75) is 31.7 Å². The zero-order valence-electron chi connectivity index (χ0n) is 13.9. The van der Waals surface area contributed by atoms with Crippen molar-refractivity contribution in [3.8, 4) is 5.75 Å². The van der Waals surface area contributed by atoms with Crippen LogP contribution < -0.4 is 4.74 Å². The molecule has 1 fully saturated rings. The molecule has 24 heavy (non-hydrogen) atoms. The molecule has 0 aliphatic carbocycles. The Morgan fingerprint density at radius 3 is 2.62 bits per heavy atom. The fourth-order valence-corrected chi connectivity index (χ4v) is 3.32. The van der Waals surface area contributed by atoms with Gasteiger partial charge in [0, 0.05) is 6.54 Å². The van der Waals surface area contributed by atoms with Crippen molar-refractivity contribution in [2.24, 2.45) is 0 Å². The van der Waals surface area contributed by atoms with Gasteiger partial charge in [0.1, 0.15) is 11.8 Å². The number of hydrogen-bond acceptors (Lipinski definition) is 3. The van der Waals surface area contributed by atoms with E-state index < -0.39 is 12.0 Å². The van der Waals surface area contributed by atoms with E-state index in [0.29, 0.717) is 13.0 Å². The Kier molecular flexibility index (Phi) is 4.42. The van der Waals surface area contributed by atoms with Crippen LogP contribution in [0.25, 0.3) is 10.8 Å². The lowest BCUT2D eigenvalue weighted by atomic mass is 9.96. The number of hydrogen-bond donors (Lipinski definition) is 1. The van der Waals surface area contributed by atoms with E-state index in [1.807, 2.05) is 43.3 Å². The number of likely N-dealkylation sites (tertiary alicyclic amines) is 1. The molecular formula is C19H21NO4. The van der Waals surface area contributed by atoms with Crippen LogP contribution in [-0.4, -0.2) is 41.6 Å². The number of aliphatic carboxylic acids is 1. The van der Waals surface area contributed by atoms with Crippen LogP contribution >= 0.6 is 0 Å². The topological polar surface area (TPSA) is 66.8 Å². The quantitative estimate of drug-likeness (QED) is 0.937. The average molecular weight is 327 g/mol. The Labute approximate surface area is 140 Å². The maximum Gasteiger partial charge on any atom is 0.326 e. The minimum Gasteiger partial charge on any atom is -0.497 e. The van der Waals surface area contributed by atoms with Crippen molar-refractivity contribution < 1.29 is 19.4 Å². The summed E-state index contributed by atoms with van der Waals surface area (Å²) in [6.45, 7) is 2.36. The third kappa shape index (κ3) is 2.94. The highest BCUT2D eigenvalue weighted by Crippen LogP contribution is 2.28. The van der Waals surface area contributed by atoms with Gasteiger partial charge in [-0.1, -0.05) is 24.3 Å². The van der Waals surface area contributed by atoms with Crippen molar-refractivity contribution in [2.75, 3.05) is 13.7 Å². The van der Waals surface area contributed by atoms with E-state index >= 15 is 0 Å². The standard InChI is InChI=1S/C19H21NO4/c1-12(18(21)20-9-3-4-17(20)19(22)23)13-5-6-15-11-16(24-2)8-7-14(15)10-13/h5-8,10-12,17H,3-4,9H2,1-2H3,(H,22,23)/t12-,17?/m0/s1. The first-order valence-electron chi connectivity index (χ1n) is 8.12. The first kappa shape index (κ1) is 16.3. The normalized spacial score (nSPS) is 18.6. The van der Waals surface area contributed by atoms with Crippen LogP contribution in [-0.2, 0) is 9.59 Å². The predicted molar refractivity (Wildman–Crippen MR) is 91.3 cm³/mol. The van der Waals surface area contributed by atoms with E-state index in [9.17, 15) is 14.7 Å². The number of methoxy groups -OCH3 is 1. The van der Waals surface area contributed by atoms with Crippen LogP contribution in [0.3, 0.4) is 0 Å². The van der Waals surface area contributed by atoms with Crippen LogP contribution in [0.4, 0.5) is 0 Å². The second kappa shape index (κ2) is 6.51. The summed E-state index contributed by atoms with van der Waals surface area (Å²) in [6.07, 6.45) is 1.28. The smallest absolute Gasteiger partial charge is 0.326 e. The van der Waals surface area contributed by atoms with E-state index in [4.69, 9.17) is 4.74 Å². The fraction of sp³-hybridized carbons (Fsp3) is 0.368. The number of carbonyl (C=O) groups excluding carboxylic acids is 1. The largest absolute Gasteiger partial charge is 0.497 e. The highest BCUT2D eigenvalue weighted by Gasteiger charge is 2.36. The number of carboxylic acids is 1. The van der Waals surface area contributed by atoms with E-state index in [-0.39, 0.29) is 11.8 Å². The van der Waals surface area contributed by atoms with Crippen molar-refractivity contribution in [3.05, 3.63) is 42.0 Å². The Balaban J connectivity index is 1.86. The highest BCUT2D eigenvalue weighted by atomic mass is 16.5. The predicted octanol–water partition coefficient (Wildman–Crippen LogP) is 3.03. The Bertz CT molecular complexity index is 786. The van der Waals surface area contributed by atoms with E-state index in [1.54, 1.807) is 7.11 Å². The first-order chi connectivity index (χ1) is 11.5. The van der Waals surface area contributed by atoms with Crippen molar-refractivity contribution in [3.63, 3.8) is 0 Å². The molecule has 0 saturated carbocycles. The van der Waals surface area contributed by atoms with E-state index in [1.165, 1.54) is 4.90 Å². The molecule has 126 valence electrons. The van der Waals surface area contributed by atoms with Crippen LogP contribution in [0.5, 0.6) is 5.75 Å². The highest BCUT2D eigenvalue weighted by molar-refractivity contribution is 5.90. The molecular weight excluding hydrogens is 306 g/mol. The van der Waals surface area contributed by atoms with E-state index in [2.05, 4.69) is 0 Å². The van der Waals surface area contributed by atoms with Gasteiger partial charge in [0.05, 0.1) is 13.0 Å². The molecule has 1 unspecified atom stereocenters. The van der Waals surface area contributed by atoms with Gasteiger partial charge >= 0.3 is 5.97 Å². The molecule has 5 nitrogen and oxygen atoms in total. The molecule has 0 aromatic heterocycles. The molecule has 0 radical (unpaired) electrons. The van der Waals surface area contributed by atoms with Gasteiger partial charge in [-0.05, 0) is 48.2 Å². The summed E-state index contributed by atoms with van der Waals surface area (Å²) in [6, 6.07) is 11.0. The maximum absolute atomic E-state index is 12.7. The van der Waals surface area contributed by atoms with Gasteiger partial charge in [-0.25, -0.2) is 4.79 Å². The number of nitrogens with zero attached hydrogens (tertiary/aromatic N) is 1. The lowest BCUT2D eigenvalue weighted by molar-refractivity contribution is -0.148. The minimum atomic E-state index is -0.918. The summed E-state index contributed by atoms with van der Waals surface area (Å²) in [5.41, 5.74) is 0.897. The maximum atomic E-state index is 12.7. The Hall–Kier alpha value is -2.56. The van der Waals surface area contributed by atoms with Gasteiger partial charge in [0.2, 0.25) is 5.91 Å². The molecule has 5 heteroatoms. The molecule has 1 N–H and O–H groups in total. The second-order valence-corrected chi connectivity index (χ2v) is 6.22. The number of ether oxygens (including phenoxy) is 1. The van der Waals surface area contributed by atoms with Gasteiger partial charge in [0.25, 0.3) is 0 Å². The molecule has 1 amide bonds. The number of fused-ring (bicyclic) bond motifs is 1. The summed E-state index contributed by atoms with van der Waals surface area (Å²) in [5.74, 6) is -0.608. The zero-order valence-corrected chi connectivity index (χ0v) is 13.9. The summed E-state index contributed by atoms with van der Waals surface area (Å²) >= 11 is 0. The lowest BCUT2D eigenvalue weighted by Gasteiger charge is -2.25. The third-order valence-corrected chi connectivity index (χ3v) is 4.76. The monoisotopic (exact) mass is 327 g/mol. The van der Waals surface area contributed by atoms with Gasteiger partial charge in [0.15, 0.2) is 0 Å². The zero-order chi connectivity index (χ0) is 17.3. The average Bonchev–Trinajstić information content (AvgIpc) is 3.09. The van der Waals surface area contributed by atoms with Crippen LogP contribution in [0.15, 0.2) is 36.4 Å². The molecule has 0 spiro atoms. The second-order valence-electron chi connectivity index (χ2n) is 6.22. The Morgan fingerprint density at radius 1 is 1.21 bits per heavy atom. The third-order valence-electron chi connectivity index (χ3n) is 4.76. The molecule has 2 atom stereocenters. The number of benzene rings is 2. The number of rotatable bonds is 4. The summed E-state index contributed by atoms with van der Waals surface area (Å²) in [5, 5.41) is 11.3. The van der Waals surface area contributed by atoms with Crippen LogP contribution in [0.2, 0.25) is 0 Å². The fourth-order valence-electron chi connectivity index (χ4n) is 3.32. The number of amides is 1. The number of carbonyl (C=O) groups is 2. The van der Waals surface area contributed by atoms with Gasteiger partial charge < -0.3 is 14.7 Å². The molecule has 1 saturated heterocycles. The van der Waals surface area contributed by atoms with Gasteiger partial charge in [-0.2, -0.15) is 0 Å². The first-order valence-corrected chi connectivity index (χ1v) is 8.12. The molecule has 2 aromatic rings. The molecule has 3 rings (SSSR count). The molecule has 2 aromatic carbocycles. The minimum absolute atomic E-state index is 0.118. The van der Waals surface area contributed by atoms with Crippen molar-refractivity contribution in [1.82, 2.24) is 4.90 Å². The molecule has 1 aliphatic rings. The van der Waals surface area contributed by atoms with Gasteiger partial charge in [-0.15, -0.1) is 0 Å². The SMILES string of the molecule is COc1ccc2cc([C@H](C)C(=O)N3CCCC3C(=O)O)ccc2c1. The summed E-state index contributed by atoms with van der Waals surface area (Å²) in [7, 11) is 1.63. The van der Waals surface area contributed by atoms with Crippen LogP contribution in [0, 0.1) is 0 Å². The lowest BCUT2D eigenvalue weighted by Crippen LogP contribution is -2.42. The molecule has 1 aliphatic heterocycles. The summed E-state index contributed by atoms with van der Waals surface area (Å²) in [4.78, 5) is 25.5. The van der Waals surface area contributed by atoms with Gasteiger partial charge in [-0.3, -0.25) is 4.79 Å².